The van der Waals surface area contributed by atoms with Crippen molar-refractivity contribution in [2.45, 2.75) is 32.1 Å². The molecule has 7 heteroatoms. The second-order valence-electron chi connectivity index (χ2n) is 9.11. The number of alkyl carbamates (subject to hydrolysis) is 1. The SMILES string of the molecule is CC(CNC(=O)OCC1c2ccccc2-c2ccccc21)CC(=O)N1CC(CCC(=O)O)C1. The number of nitrogens with zero attached hydrogens (tertiary/aromatic N) is 1. The summed E-state index contributed by atoms with van der Waals surface area (Å²) < 4.78 is 5.54. The van der Waals surface area contributed by atoms with Crippen LogP contribution in [0.25, 0.3) is 11.1 Å². The van der Waals surface area contributed by atoms with Crippen molar-refractivity contribution in [1.82, 2.24) is 10.2 Å². The van der Waals surface area contributed by atoms with Gasteiger partial charge in [0.2, 0.25) is 5.91 Å². The number of hydrogen-bond acceptors (Lipinski definition) is 4. The average molecular weight is 451 g/mol. The first-order chi connectivity index (χ1) is 15.9. The summed E-state index contributed by atoms with van der Waals surface area (Å²) in [6.45, 7) is 3.79. The van der Waals surface area contributed by atoms with E-state index in [4.69, 9.17) is 9.84 Å². The largest absolute Gasteiger partial charge is 0.481 e. The number of ether oxygens (including phenoxy) is 1. The van der Waals surface area contributed by atoms with Crippen molar-refractivity contribution in [2.24, 2.45) is 11.8 Å². The van der Waals surface area contributed by atoms with Gasteiger partial charge in [-0.1, -0.05) is 55.5 Å². The van der Waals surface area contributed by atoms with Gasteiger partial charge in [0.25, 0.3) is 0 Å². The third kappa shape index (κ3) is 5.35. The Morgan fingerprint density at radius 3 is 2.27 bits per heavy atom. The number of carboxylic acid groups (broad SMARTS) is 1. The number of hydrogen-bond donors (Lipinski definition) is 2. The Morgan fingerprint density at radius 1 is 1.06 bits per heavy atom. The van der Waals surface area contributed by atoms with Crippen molar-refractivity contribution in [2.75, 3.05) is 26.2 Å². The Labute approximate surface area is 193 Å². The Balaban J connectivity index is 1.19. The summed E-state index contributed by atoms with van der Waals surface area (Å²) in [7, 11) is 0. The van der Waals surface area contributed by atoms with Crippen molar-refractivity contribution in [1.29, 1.82) is 0 Å². The highest BCUT2D eigenvalue weighted by Gasteiger charge is 2.31. The van der Waals surface area contributed by atoms with E-state index in [1.165, 1.54) is 22.3 Å². The summed E-state index contributed by atoms with van der Waals surface area (Å²) in [5, 5.41) is 11.5. The molecule has 174 valence electrons. The topological polar surface area (TPSA) is 95.9 Å². The first kappa shape index (κ1) is 22.8. The molecule has 0 aromatic heterocycles. The van der Waals surface area contributed by atoms with E-state index in [-0.39, 0.29) is 36.7 Å². The van der Waals surface area contributed by atoms with Crippen LogP contribution in [0, 0.1) is 11.8 Å². The van der Waals surface area contributed by atoms with Crippen LogP contribution in [0.15, 0.2) is 48.5 Å². The fourth-order valence-electron chi connectivity index (χ4n) is 4.69. The summed E-state index contributed by atoms with van der Waals surface area (Å²) in [4.78, 5) is 37.1. The molecule has 1 fully saturated rings. The minimum atomic E-state index is -0.798. The quantitative estimate of drug-likeness (QED) is 0.605. The lowest BCUT2D eigenvalue weighted by Gasteiger charge is -2.39. The molecule has 4 rings (SSSR count). The van der Waals surface area contributed by atoms with E-state index >= 15 is 0 Å². The molecule has 2 amide bonds. The van der Waals surface area contributed by atoms with Gasteiger partial charge in [0.15, 0.2) is 0 Å². The molecular weight excluding hydrogens is 420 g/mol. The third-order valence-electron chi connectivity index (χ3n) is 6.54. The highest BCUT2D eigenvalue weighted by molar-refractivity contribution is 5.79. The molecule has 1 saturated heterocycles. The number of rotatable bonds is 9. The van der Waals surface area contributed by atoms with Crippen molar-refractivity contribution < 1.29 is 24.2 Å². The van der Waals surface area contributed by atoms with E-state index < -0.39 is 12.1 Å². The first-order valence-corrected chi connectivity index (χ1v) is 11.5. The Morgan fingerprint density at radius 2 is 1.67 bits per heavy atom. The number of benzene rings is 2. The van der Waals surface area contributed by atoms with E-state index in [1.807, 2.05) is 31.2 Å². The number of carboxylic acids is 1. The fourth-order valence-corrected chi connectivity index (χ4v) is 4.69. The Kier molecular flexibility index (Phi) is 6.96. The van der Waals surface area contributed by atoms with Gasteiger partial charge >= 0.3 is 12.1 Å². The molecule has 1 unspecified atom stereocenters. The molecule has 1 aliphatic heterocycles. The van der Waals surface area contributed by atoms with Crippen LogP contribution in [-0.4, -0.2) is 54.2 Å². The zero-order valence-corrected chi connectivity index (χ0v) is 18.8. The van der Waals surface area contributed by atoms with Crippen LogP contribution in [-0.2, 0) is 14.3 Å². The number of carbonyl (C=O) groups excluding carboxylic acids is 2. The molecule has 0 saturated carbocycles. The second-order valence-corrected chi connectivity index (χ2v) is 9.11. The number of amides is 2. The van der Waals surface area contributed by atoms with Crippen molar-refractivity contribution in [3.63, 3.8) is 0 Å². The normalized spacial score (nSPS) is 15.8. The summed E-state index contributed by atoms with van der Waals surface area (Å²) in [6.07, 6.45) is 0.620. The van der Waals surface area contributed by atoms with Crippen LogP contribution in [0.4, 0.5) is 4.79 Å². The third-order valence-corrected chi connectivity index (χ3v) is 6.54. The minimum Gasteiger partial charge on any atom is -0.481 e. The predicted molar refractivity (Wildman–Crippen MR) is 124 cm³/mol. The minimum absolute atomic E-state index is 0.0163. The van der Waals surface area contributed by atoms with Gasteiger partial charge in [-0.25, -0.2) is 4.79 Å². The first-order valence-electron chi connectivity index (χ1n) is 11.5. The molecule has 2 N–H and O–H groups in total. The lowest BCUT2D eigenvalue weighted by molar-refractivity contribution is -0.140. The highest BCUT2D eigenvalue weighted by atomic mass is 16.5. The monoisotopic (exact) mass is 450 g/mol. The molecule has 2 aromatic rings. The number of aliphatic carboxylic acids is 1. The Hall–Kier alpha value is -3.35. The van der Waals surface area contributed by atoms with Crippen molar-refractivity contribution in [3.05, 3.63) is 59.7 Å². The molecular formula is C26H30N2O5. The van der Waals surface area contributed by atoms with Crippen molar-refractivity contribution in [3.8, 4) is 11.1 Å². The lowest BCUT2D eigenvalue weighted by Crippen LogP contribution is -2.50. The van der Waals surface area contributed by atoms with Gasteiger partial charge < -0.3 is 20.1 Å². The van der Waals surface area contributed by atoms with Crippen molar-refractivity contribution >= 4 is 18.0 Å². The van der Waals surface area contributed by atoms with Gasteiger partial charge in [0.05, 0.1) is 0 Å². The zero-order chi connectivity index (χ0) is 23.4. The van der Waals surface area contributed by atoms with E-state index in [0.29, 0.717) is 32.5 Å². The maximum Gasteiger partial charge on any atom is 0.407 e. The van der Waals surface area contributed by atoms with Gasteiger partial charge in [0, 0.05) is 38.4 Å². The van der Waals surface area contributed by atoms with E-state index in [1.54, 1.807) is 4.90 Å². The molecule has 0 radical (unpaired) electrons. The van der Waals surface area contributed by atoms with Crippen LogP contribution in [0.2, 0.25) is 0 Å². The molecule has 0 spiro atoms. The number of fused-ring (bicyclic) bond motifs is 3. The molecule has 0 bridgehead atoms. The van der Waals surface area contributed by atoms with Gasteiger partial charge in [-0.2, -0.15) is 0 Å². The van der Waals surface area contributed by atoms with Crippen LogP contribution in [0.1, 0.15) is 43.2 Å². The summed E-state index contributed by atoms with van der Waals surface area (Å²) >= 11 is 0. The lowest BCUT2D eigenvalue weighted by atomic mass is 9.93. The molecule has 7 nitrogen and oxygen atoms in total. The average Bonchev–Trinajstić information content (AvgIpc) is 3.09. The molecule has 1 heterocycles. The number of carbonyl (C=O) groups is 3. The van der Waals surface area contributed by atoms with Crippen LogP contribution < -0.4 is 5.32 Å². The van der Waals surface area contributed by atoms with Gasteiger partial charge in [-0.3, -0.25) is 9.59 Å². The molecule has 1 atom stereocenters. The smallest absolute Gasteiger partial charge is 0.407 e. The molecule has 2 aromatic carbocycles. The standard InChI is InChI=1S/C26H30N2O5/c1-17(12-24(29)28-14-18(15-28)10-11-25(30)31)13-27-26(32)33-16-23-21-8-4-2-6-19(21)20-7-3-5-9-22(20)23/h2-9,17-18,23H,10-16H2,1H3,(H,27,32)(H,30,31). The van der Waals surface area contributed by atoms with Crippen LogP contribution >= 0.6 is 0 Å². The predicted octanol–water partition coefficient (Wildman–Crippen LogP) is 3.87. The van der Waals surface area contributed by atoms with E-state index in [0.717, 1.165) is 0 Å². The fraction of sp³-hybridized carbons (Fsp3) is 0.423. The zero-order valence-electron chi connectivity index (χ0n) is 18.8. The summed E-state index contributed by atoms with van der Waals surface area (Å²) in [5.41, 5.74) is 4.71. The van der Waals surface area contributed by atoms with Gasteiger partial charge in [0.1, 0.15) is 6.61 Å². The Bertz CT molecular complexity index is 985. The van der Waals surface area contributed by atoms with Crippen LogP contribution in [0.3, 0.4) is 0 Å². The second kappa shape index (κ2) is 10.1. The molecule has 33 heavy (non-hydrogen) atoms. The van der Waals surface area contributed by atoms with Gasteiger partial charge in [-0.15, -0.1) is 0 Å². The van der Waals surface area contributed by atoms with E-state index in [2.05, 4.69) is 29.6 Å². The maximum atomic E-state index is 12.4. The maximum absolute atomic E-state index is 12.4. The van der Waals surface area contributed by atoms with Gasteiger partial charge in [-0.05, 0) is 40.5 Å². The van der Waals surface area contributed by atoms with E-state index in [9.17, 15) is 14.4 Å². The number of nitrogens with one attached hydrogen (secondary N) is 1. The highest BCUT2D eigenvalue weighted by Crippen LogP contribution is 2.44. The molecule has 2 aliphatic rings. The summed E-state index contributed by atoms with van der Waals surface area (Å²) in [6, 6.07) is 16.4. The molecule has 1 aliphatic carbocycles. The number of likely N-dealkylation sites (tertiary alicyclic amines) is 1. The summed E-state index contributed by atoms with van der Waals surface area (Å²) in [5.74, 6) is -0.478. The van der Waals surface area contributed by atoms with Crippen LogP contribution in [0.5, 0.6) is 0 Å².